The molecule has 25 heavy (non-hydrogen) atoms. The Morgan fingerprint density at radius 1 is 1.16 bits per heavy atom. The number of esters is 1. The molecule has 1 aliphatic rings. The van der Waals surface area contributed by atoms with Crippen LogP contribution in [0.2, 0.25) is 0 Å². The second kappa shape index (κ2) is 8.88. The van der Waals surface area contributed by atoms with Gasteiger partial charge >= 0.3 is 12.1 Å². The molecule has 1 aromatic rings. The minimum Gasteiger partial charge on any atom is -0.461 e. The normalized spacial score (nSPS) is 17.9. The number of benzene rings is 1. The molecule has 1 aromatic carbocycles. The van der Waals surface area contributed by atoms with Gasteiger partial charge in [0.1, 0.15) is 12.2 Å². The summed E-state index contributed by atoms with van der Waals surface area (Å²) in [5.41, 5.74) is 0.470. The molecule has 0 saturated carbocycles. The summed E-state index contributed by atoms with van der Waals surface area (Å²) >= 11 is 0. The molecule has 1 aliphatic heterocycles. The molecule has 138 valence electrons. The zero-order valence-corrected chi connectivity index (χ0v) is 15.5. The molecular weight excluding hydrogens is 318 g/mol. The van der Waals surface area contributed by atoms with E-state index in [1.165, 1.54) is 0 Å². The highest BCUT2D eigenvalue weighted by Crippen LogP contribution is 2.23. The van der Waals surface area contributed by atoms with Crippen molar-refractivity contribution in [2.24, 2.45) is 0 Å². The molecule has 1 amide bonds. The number of rotatable bonds is 5. The van der Waals surface area contributed by atoms with Crippen LogP contribution in [0.4, 0.5) is 4.79 Å². The van der Waals surface area contributed by atoms with Crippen LogP contribution in [-0.2, 0) is 20.9 Å². The lowest BCUT2D eigenvalue weighted by Gasteiger charge is -2.36. The van der Waals surface area contributed by atoms with Gasteiger partial charge in [-0.25, -0.2) is 4.79 Å². The first-order chi connectivity index (χ1) is 11.8. The van der Waals surface area contributed by atoms with Crippen LogP contribution in [0.5, 0.6) is 0 Å². The van der Waals surface area contributed by atoms with Crippen molar-refractivity contribution in [3.63, 3.8) is 0 Å². The molecule has 0 aromatic heterocycles. The van der Waals surface area contributed by atoms with Gasteiger partial charge in [-0.1, -0.05) is 30.3 Å². The van der Waals surface area contributed by atoms with Gasteiger partial charge in [-0.2, -0.15) is 0 Å². The van der Waals surface area contributed by atoms with E-state index in [-0.39, 0.29) is 18.1 Å². The Labute approximate surface area is 150 Å². The summed E-state index contributed by atoms with van der Waals surface area (Å²) in [4.78, 5) is 26.2. The first-order valence-electron chi connectivity index (χ1n) is 9.04. The summed E-state index contributed by atoms with van der Waals surface area (Å²) in [7, 11) is 0. The average Bonchev–Trinajstić information content (AvgIpc) is 2.58. The highest BCUT2D eigenvalue weighted by Gasteiger charge is 2.30. The quantitative estimate of drug-likeness (QED) is 0.745. The third kappa shape index (κ3) is 6.77. The molecule has 0 radical (unpaired) electrons. The molecule has 1 atom stereocenters. The fraction of sp³-hybridized carbons (Fsp3) is 0.600. The van der Waals surface area contributed by atoms with E-state index >= 15 is 0 Å². The lowest BCUT2D eigenvalue weighted by molar-refractivity contribution is -0.145. The number of nitrogens with zero attached hydrogens (tertiary/aromatic N) is 1. The molecule has 0 N–H and O–H groups in total. The van der Waals surface area contributed by atoms with E-state index in [1.807, 2.05) is 51.1 Å². The minimum absolute atomic E-state index is 0.0490. The van der Waals surface area contributed by atoms with Crippen LogP contribution in [0, 0.1) is 0 Å². The molecule has 0 bridgehead atoms. The Balaban J connectivity index is 1.80. The molecule has 0 aliphatic carbocycles. The average molecular weight is 347 g/mol. The summed E-state index contributed by atoms with van der Waals surface area (Å²) in [5.74, 6) is -0.224. The highest BCUT2D eigenvalue weighted by atomic mass is 16.6. The maximum absolute atomic E-state index is 12.4. The van der Waals surface area contributed by atoms with Crippen LogP contribution < -0.4 is 0 Å². The van der Waals surface area contributed by atoms with Gasteiger partial charge in [0.2, 0.25) is 0 Å². The molecule has 1 unspecified atom stereocenters. The van der Waals surface area contributed by atoms with Gasteiger partial charge in [0.25, 0.3) is 0 Å². The van der Waals surface area contributed by atoms with Crippen molar-refractivity contribution in [3.8, 4) is 0 Å². The number of piperidine rings is 1. The Morgan fingerprint density at radius 3 is 2.56 bits per heavy atom. The molecule has 0 spiro atoms. The van der Waals surface area contributed by atoms with Gasteiger partial charge in [0, 0.05) is 19.0 Å². The summed E-state index contributed by atoms with van der Waals surface area (Å²) in [6.07, 6.45) is 3.61. The number of hydrogen-bond acceptors (Lipinski definition) is 4. The van der Waals surface area contributed by atoms with E-state index in [4.69, 9.17) is 9.47 Å². The fourth-order valence-electron chi connectivity index (χ4n) is 2.96. The maximum atomic E-state index is 12.4. The van der Waals surface area contributed by atoms with E-state index in [9.17, 15) is 9.59 Å². The monoisotopic (exact) mass is 347 g/mol. The standard InChI is InChI=1S/C20H29NO4/c1-20(2,3)25-19(23)21-14-8-7-11-17(21)12-13-18(22)24-15-16-9-5-4-6-10-16/h4-6,9-10,17H,7-8,11-15H2,1-3H3. The van der Waals surface area contributed by atoms with Crippen molar-refractivity contribution in [2.75, 3.05) is 6.54 Å². The summed E-state index contributed by atoms with van der Waals surface area (Å²) in [5, 5.41) is 0. The fourth-order valence-corrected chi connectivity index (χ4v) is 2.96. The van der Waals surface area contributed by atoms with Crippen LogP contribution in [-0.4, -0.2) is 35.2 Å². The van der Waals surface area contributed by atoms with E-state index in [1.54, 1.807) is 4.90 Å². The number of carbonyl (C=O) groups is 2. The lowest BCUT2D eigenvalue weighted by atomic mass is 9.98. The molecule has 1 saturated heterocycles. The van der Waals surface area contributed by atoms with Crippen molar-refractivity contribution in [2.45, 2.75) is 71.1 Å². The van der Waals surface area contributed by atoms with Gasteiger partial charge in [-0.15, -0.1) is 0 Å². The maximum Gasteiger partial charge on any atom is 0.410 e. The SMILES string of the molecule is CC(C)(C)OC(=O)N1CCCCC1CCC(=O)OCc1ccccc1. The van der Waals surface area contributed by atoms with Crippen molar-refractivity contribution < 1.29 is 19.1 Å². The Bertz CT molecular complexity index is 565. The van der Waals surface area contributed by atoms with Crippen molar-refractivity contribution >= 4 is 12.1 Å². The summed E-state index contributed by atoms with van der Waals surface area (Å²) in [6, 6.07) is 9.68. The van der Waals surface area contributed by atoms with E-state index in [0.29, 0.717) is 26.0 Å². The second-order valence-electron chi connectivity index (χ2n) is 7.51. The smallest absolute Gasteiger partial charge is 0.410 e. The van der Waals surface area contributed by atoms with Crippen LogP contribution in [0.15, 0.2) is 30.3 Å². The zero-order chi connectivity index (χ0) is 18.3. The van der Waals surface area contributed by atoms with Gasteiger partial charge < -0.3 is 14.4 Å². The summed E-state index contributed by atoms with van der Waals surface area (Å²) < 4.78 is 10.8. The highest BCUT2D eigenvalue weighted by molar-refractivity contribution is 5.70. The van der Waals surface area contributed by atoms with Crippen molar-refractivity contribution in [1.82, 2.24) is 4.90 Å². The second-order valence-corrected chi connectivity index (χ2v) is 7.51. The predicted octanol–water partition coefficient (Wildman–Crippen LogP) is 4.30. The molecule has 1 fully saturated rings. The topological polar surface area (TPSA) is 55.8 Å². The van der Waals surface area contributed by atoms with Gasteiger partial charge in [0.05, 0.1) is 0 Å². The first-order valence-corrected chi connectivity index (χ1v) is 9.04. The number of ether oxygens (including phenoxy) is 2. The molecule has 1 heterocycles. The van der Waals surface area contributed by atoms with Crippen molar-refractivity contribution in [3.05, 3.63) is 35.9 Å². The van der Waals surface area contributed by atoms with Gasteiger partial charge in [-0.3, -0.25) is 4.79 Å². The molecule has 5 heteroatoms. The Morgan fingerprint density at radius 2 is 1.88 bits per heavy atom. The lowest BCUT2D eigenvalue weighted by Crippen LogP contribution is -2.46. The summed E-state index contributed by atoms with van der Waals surface area (Å²) in [6.45, 7) is 6.58. The molecular formula is C20H29NO4. The number of carbonyl (C=O) groups excluding carboxylic acids is 2. The largest absolute Gasteiger partial charge is 0.461 e. The minimum atomic E-state index is -0.506. The van der Waals surface area contributed by atoms with E-state index < -0.39 is 5.60 Å². The van der Waals surface area contributed by atoms with E-state index in [0.717, 1.165) is 24.8 Å². The Hall–Kier alpha value is -2.04. The third-order valence-corrected chi connectivity index (χ3v) is 4.18. The van der Waals surface area contributed by atoms with Gasteiger partial charge in [-0.05, 0) is 52.0 Å². The number of amides is 1. The van der Waals surface area contributed by atoms with Crippen LogP contribution in [0.25, 0.3) is 0 Å². The van der Waals surface area contributed by atoms with Crippen LogP contribution in [0.1, 0.15) is 58.4 Å². The molecule has 5 nitrogen and oxygen atoms in total. The van der Waals surface area contributed by atoms with Crippen LogP contribution in [0.3, 0.4) is 0 Å². The number of hydrogen-bond donors (Lipinski definition) is 0. The third-order valence-electron chi connectivity index (χ3n) is 4.18. The number of likely N-dealkylation sites (tertiary alicyclic amines) is 1. The van der Waals surface area contributed by atoms with Crippen molar-refractivity contribution in [1.29, 1.82) is 0 Å². The van der Waals surface area contributed by atoms with E-state index in [2.05, 4.69) is 0 Å². The Kier molecular flexibility index (Phi) is 6.85. The zero-order valence-electron chi connectivity index (χ0n) is 15.5. The van der Waals surface area contributed by atoms with Crippen LogP contribution >= 0.6 is 0 Å². The first kappa shape index (κ1) is 19.3. The van der Waals surface area contributed by atoms with Gasteiger partial charge in [0.15, 0.2) is 0 Å². The predicted molar refractivity (Wildman–Crippen MR) is 96.1 cm³/mol. The molecule has 2 rings (SSSR count).